The van der Waals surface area contributed by atoms with Crippen LogP contribution in [0, 0.1) is 5.92 Å². The van der Waals surface area contributed by atoms with Crippen molar-refractivity contribution in [1.82, 2.24) is 14.5 Å². The third-order valence-electron chi connectivity index (χ3n) is 3.79. The number of aromatic nitrogens is 2. The number of aliphatic hydroxyl groups excluding tert-OH is 1. The number of amides is 1. The van der Waals surface area contributed by atoms with Gasteiger partial charge >= 0.3 is 6.09 Å². The fourth-order valence-corrected chi connectivity index (χ4v) is 2.62. The van der Waals surface area contributed by atoms with Crippen molar-refractivity contribution in [2.45, 2.75) is 45.3 Å². The van der Waals surface area contributed by atoms with Crippen molar-refractivity contribution in [3.8, 4) is 0 Å². The van der Waals surface area contributed by atoms with E-state index in [0.29, 0.717) is 13.1 Å². The fourth-order valence-electron chi connectivity index (χ4n) is 2.62. The van der Waals surface area contributed by atoms with Crippen LogP contribution in [0.2, 0.25) is 0 Å². The van der Waals surface area contributed by atoms with Gasteiger partial charge in [-0.3, -0.25) is 0 Å². The second-order valence-corrected chi connectivity index (χ2v) is 6.68. The lowest BCUT2D eigenvalue weighted by molar-refractivity contribution is 0.00677. The largest absolute Gasteiger partial charge is 0.444 e. The first-order valence-corrected chi connectivity index (χ1v) is 7.40. The lowest BCUT2D eigenvalue weighted by Gasteiger charge is -2.35. The normalized spacial score (nSPS) is 18.6. The molecule has 1 aromatic heterocycles. The van der Waals surface area contributed by atoms with Gasteiger partial charge in [-0.25, -0.2) is 9.78 Å². The molecular weight excluding hydrogens is 270 g/mol. The molecular formula is C15H25N3O3. The van der Waals surface area contributed by atoms with Gasteiger partial charge in [-0.1, -0.05) is 0 Å². The average molecular weight is 295 g/mol. The van der Waals surface area contributed by atoms with E-state index in [0.717, 1.165) is 18.5 Å². The van der Waals surface area contributed by atoms with Crippen LogP contribution < -0.4 is 0 Å². The summed E-state index contributed by atoms with van der Waals surface area (Å²) >= 11 is 0. The zero-order chi connectivity index (χ0) is 15.6. The summed E-state index contributed by atoms with van der Waals surface area (Å²) in [5.41, 5.74) is 0.355. The third-order valence-corrected chi connectivity index (χ3v) is 3.79. The number of hydrogen-bond acceptors (Lipinski definition) is 4. The van der Waals surface area contributed by atoms with Gasteiger partial charge in [-0.05, 0) is 39.5 Å². The van der Waals surface area contributed by atoms with Crippen LogP contribution in [-0.4, -0.2) is 44.3 Å². The predicted molar refractivity (Wildman–Crippen MR) is 78.7 cm³/mol. The highest BCUT2D eigenvalue weighted by Crippen LogP contribution is 2.30. The summed E-state index contributed by atoms with van der Waals surface area (Å²) in [6.07, 6.45) is 4.13. The van der Waals surface area contributed by atoms with Gasteiger partial charge in [0, 0.05) is 20.1 Å². The zero-order valence-electron chi connectivity index (χ0n) is 13.2. The molecule has 0 spiro atoms. The number of ether oxygens (including phenoxy) is 1. The van der Waals surface area contributed by atoms with Crippen LogP contribution in [0.25, 0.3) is 0 Å². The number of aryl methyl sites for hydroxylation is 1. The van der Waals surface area contributed by atoms with Crippen LogP contribution in [0.1, 0.15) is 45.4 Å². The summed E-state index contributed by atoms with van der Waals surface area (Å²) in [5.74, 6) is 0.152. The number of imidazole rings is 1. The summed E-state index contributed by atoms with van der Waals surface area (Å²) < 4.78 is 7.21. The first-order chi connectivity index (χ1) is 9.78. The molecule has 1 aromatic rings. The molecule has 0 bridgehead atoms. The first kappa shape index (κ1) is 15.8. The highest BCUT2D eigenvalue weighted by Gasteiger charge is 2.31. The molecule has 0 unspecified atom stereocenters. The number of nitrogens with zero attached hydrogens (tertiary/aromatic N) is 3. The van der Waals surface area contributed by atoms with Crippen molar-refractivity contribution in [3.05, 3.63) is 18.2 Å². The topological polar surface area (TPSA) is 67.6 Å². The maximum absolute atomic E-state index is 12.0. The lowest BCUT2D eigenvalue weighted by atomic mass is 9.90. The van der Waals surface area contributed by atoms with E-state index in [-0.39, 0.29) is 12.0 Å². The number of likely N-dealkylation sites (tertiary alicyclic amines) is 1. The van der Waals surface area contributed by atoms with Gasteiger partial charge < -0.3 is 19.3 Å². The van der Waals surface area contributed by atoms with E-state index in [1.165, 1.54) is 0 Å². The van der Waals surface area contributed by atoms with Crippen LogP contribution in [0.3, 0.4) is 0 Å². The quantitative estimate of drug-likeness (QED) is 0.907. The van der Waals surface area contributed by atoms with E-state index in [2.05, 4.69) is 4.98 Å². The predicted octanol–water partition coefficient (Wildman–Crippen LogP) is 2.10. The maximum Gasteiger partial charge on any atom is 0.410 e. The van der Waals surface area contributed by atoms with Crippen molar-refractivity contribution in [3.63, 3.8) is 0 Å². The molecule has 1 saturated heterocycles. The van der Waals surface area contributed by atoms with Crippen LogP contribution in [0.5, 0.6) is 0 Å². The minimum Gasteiger partial charge on any atom is -0.444 e. The standard InChI is InChI=1S/C15H25N3O3/c1-15(2,3)21-14(20)18-7-5-11(6-8-18)13(19)12-9-16-10-17(12)4/h9-11,13,19H,5-8H2,1-4H3/t13-/m0/s1. The number of carbonyl (C=O) groups excluding carboxylic acids is 1. The second kappa shape index (κ2) is 6.05. The van der Waals surface area contributed by atoms with E-state index in [1.54, 1.807) is 17.4 Å². The van der Waals surface area contributed by atoms with E-state index >= 15 is 0 Å². The first-order valence-electron chi connectivity index (χ1n) is 7.40. The number of rotatable bonds is 2. The molecule has 0 saturated carbocycles. The summed E-state index contributed by atoms with van der Waals surface area (Å²) in [7, 11) is 1.88. The lowest BCUT2D eigenvalue weighted by Crippen LogP contribution is -2.42. The van der Waals surface area contributed by atoms with Gasteiger partial charge in [0.25, 0.3) is 0 Å². The molecule has 1 atom stereocenters. The summed E-state index contributed by atoms with van der Waals surface area (Å²) in [6.45, 7) is 6.83. The van der Waals surface area contributed by atoms with Gasteiger partial charge in [-0.2, -0.15) is 0 Å². The van der Waals surface area contributed by atoms with Crippen LogP contribution in [0.4, 0.5) is 4.79 Å². The summed E-state index contributed by atoms with van der Waals surface area (Å²) in [4.78, 5) is 17.8. The van der Waals surface area contributed by atoms with Crippen molar-refractivity contribution in [1.29, 1.82) is 0 Å². The Kier molecular flexibility index (Phi) is 4.56. The van der Waals surface area contributed by atoms with Gasteiger partial charge in [0.2, 0.25) is 0 Å². The highest BCUT2D eigenvalue weighted by atomic mass is 16.6. The molecule has 1 amide bonds. The Hall–Kier alpha value is -1.56. The number of piperidine rings is 1. The van der Waals surface area contributed by atoms with Crippen LogP contribution in [0.15, 0.2) is 12.5 Å². The third kappa shape index (κ3) is 3.97. The molecule has 1 aliphatic rings. The molecule has 2 rings (SSSR count). The minimum absolute atomic E-state index is 0.152. The molecule has 118 valence electrons. The Morgan fingerprint density at radius 2 is 2.05 bits per heavy atom. The Labute approximate surface area is 125 Å². The minimum atomic E-state index is -0.529. The van der Waals surface area contributed by atoms with Crippen LogP contribution in [-0.2, 0) is 11.8 Å². The summed E-state index contributed by atoms with van der Waals surface area (Å²) in [5, 5.41) is 10.4. The van der Waals surface area contributed by atoms with Crippen molar-refractivity contribution < 1.29 is 14.6 Å². The molecule has 6 heteroatoms. The molecule has 1 N–H and O–H groups in total. The van der Waals surface area contributed by atoms with Crippen LogP contribution >= 0.6 is 0 Å². The number of hydrogen-bond donors (Lipinski definition) is 1. The Morgan fingerprint density at radius 1 is 1.43 bits per heavy atom. The van der Waals surface area contributed by atoms with Crippen molar-refractivity contribution >= 4 is 6.09 Å². The van der Waals surface area contributed by atoms with Crippen molar-refractivity contribution in [2.24, 2.45) is 13.0 Å². The Balaban J connectivity index is 1.89. The second-order valence-electron chi connectivity index (χ2n) is 6.68. The molecule has 2 heterocycles. The van der Waals surface area contributed by atoms with E-state index in [4.69, 9.17) is 4.74 Å². The Bertz CT molecular complexity index is 485. The number of aliphatic hydroxyl groups is 1. The summed E-state index contributed by atoms with van der Waals surface area (Å²) in [6, 6.07) is 0. The van der Waals surface area contributed by atoms with Crippen molar-refractivity contribution in [2.75, 3.05) is 13.1 Å². The van der Waals surface area contributed by atoms with E-state index < -0.39 is 11.7 Å². The molecule has 0 aromatic carbocycles. The molecule has 6 nitrogen and oxygen atoms in total. The van der Waals surface area contributed by atoms with Gasteiger partial charge in [0.1, 0.15) is 5.60 Å². The SMILES string of the molecule is Cn1cncc1[C@@H](O)C1CCN(C(=O)OC(C)(C)C)CC1. The van der Waals surface area contributed by atoms with Gasteiger partial charge in [0.05, 0.1) is 24.3 Å². The molecule has 21 heavy (non-hydrogen) atoms. The van der Waals surface area contributed by atoms with E-state index in [9.17, 15) is 9.90 Å². The maximum atomic E-state index is 12.0. The number of carbonyl (C=O) groups is 1. The fraction of sp³-hybridized carbons (Fsp3) is 0.733. The average Bonchev–Trinajstić information content (AvgIpc) is 2.82. The zero-order valence-corrected chi connectivity index (χ0v) is 13.2. The van der Waals surface area contributed by atoms with Gasteiger partial charge in [-0.15, -0.1) is 0 Å². The Morgan fingerprint density at radius 3 is 2.52 bits per heavy atom. The molecule has 1 aliphatic heterocycles. The monoisotopic (exact) mass is 295 g/mol. The highest BCUT2D eigenvalue weighted by molar-refractivity contribution is 5.68. The van der Waals surface area contributed by atoms with Gasteiger partial charge in [0.15, 0.2) is 0 Å². The van der Waals surface area contributed by atoms with E-state index in [1.807, 2.05) is 32.4 Å². The molecule has 1 fully saturated rings. The smallest absolute Gasteiger partial charge is 0.410 e. The molecule has 0 aliphatic carbocycles. The molecule has 0 radical (unpaired) electrons.